The molecule has 0 spiro atoms. The molecule has 1 saturated heterocycles. The molecule has 0 atom stereocenters. The van der Waals surface area contributed by atoms with E-state index in [0.29, 0.717) is 6.54 Å². The average molecular weight is 359 g/mol. The molecule has 6 nitrogen and oxygen atoms in total. The molecule has 1 fully saturated rings. The van der Waals surface area contributed by atoms with Crippen molar-refractivity contribution in [1.82, 2.24) is 20.1 Å². The van der Waals surface area contributed by atoms with Gasteiger partial charge in [0.15, 0.2) is 0 Å². The number of nitrogens with one attached hydrogen (secondary N) is 1. The van der Waals surface area contributed by atoms with Gasteiger partial charge in [-0.05, 0) is 23.1 Å². The Morgan fingerprint density at radius 3 is 2.64 bits per heavy atom. The molecular formula is C18H25N5OS. The maximum atomic E-state index is 12.3. The molecule has 0 unspecified atom stereocenters. The van der Waals surface area contributed by atoms with Crippen molar-refractivity contribution >= 4 is 23.2 Å². The highest BCUT2D eigenvalue weighted by molar-refractivity contribution is 7.09. The molecule has 2 amide bonds. The van der Waals surface area contributed by atoms with Gasteiger partial charge in [0, 0.05) is 64.4 Å². The molecule has 2 aromatic rings. The van der Waals surface area contributed by atoms with E-state index in [1.807, 2.05) is 42.2 Å². The lowest BCUT2D eigenvalue weighted by molar-refractivity contribution is 0.135. The first kappa shape index (κ1) is 17.7. The van der Waals surface area contributed by atoms with E-state index >= 15 is 0 Å². The molecule has 3 heterocycles. The lowest BCUT2D eigenvalue weighted by Gasteiger charge is -2.34. The summed E-state index contributed by atoms with van der Waals surface area (Å²) in [6, 6.07) is 8.22. The molecule has 0 radical (unpaired) electrons. The highest BCUT2D eigenvalue weighted by Crippen LogP contribution is 2.13. The van der Waals surface area contributed by atoms with Crippen molar-refractivity contribution in [2.24, 2.45) is 0 Å². The van der Waals surface area contributed by atoms with Crippen LogP contribution in [0.2, 0.25) is 0 Å². The topological polar surface area (TPSA) is 51.7 Å². The summed E-state index contributed by atoms with van der Waals surface area (Å²) >= 11 is 1.79. The van der Waals surface area contributed by atoms with Crippen LogP contribution in [0.1, 0.15) is 10.4 Å². The third kappa shape index (κ3) is 4.93. The number of carbonyl (C=O) groups excluding carboxylic acids is 1. The quantitative estimate of drug-likeness (QED) is 0.890. The van der Waals surface area contributed by atoms with Crippen LogP contribution in [0.3, 0.4) is 0 Å². The zero-order valence-electron chi connectivity index (χ0n) is 14.8. The van der Waals surface area contributed by atoms with Gasteiger partial charge in [0.25, 0.3) is 0 Å². The minimum absolute atomic E-state index is 0.00691. The van der Waals surface area contributed by atoms with E-state index in [0.717, 1.165) is 44.1 Å². The first-order valence-electron chi connectivity index (χ1n) is 8.51. The molecule has 7 heteroatoms. The molecule has 1 aliphatic heterocycles. The second kappa shape index (κ2) is 8.31. The molecule has 0 aliphatic carbocycles. The number of hydrogen-bond acceptors (Lipinski definition) is 5. The third-order valence-electron chi connectivity index (χ3n) is 4.33. The van der Waals surface area contributed by atoms with Crippen molar-refractivity contribution in [3.8, 4) is 0 Å². The first-order valence-corrected chi connectivity index (χ1v) is 9.39. The van der Waals surface area contributed by atoms with Gasteiger partial charge in [0.2, 0.25) is 0 Å². The highest BCUT2D eigenvalue weighted by Gasteiger charge is 2.21. The van der Waals surface area contributed by atoms with Gasteiger partial charge in [-0.15, -0.1) is 11.3 Å². The van der Waals surface area contributed by atoms with Gasteiger partial charge in [-0.2, -0.15) is 0 Å². The van der Waals surface area contributed by atoms with Crippen LogP contribution in [0.5, 0.6) is 0 Å². The van der Waals surface area contributed by atoms with E-state index in [2.05, 4.69) is 32.7 Å². The number of urea groups is 1. The van der Waals surface area contributed by atoms with Crippen LogP contribution in [0.25, 0.3) is 0 Å². The fraction of sp³-hybridized carbons (Fsp3) is 0.444. The lowest BCUT2D eigenvalue weighted by atomic mass is 10.2. The number of rotatable bonds is 5. The van der Waals surface area contributed by atoms with E-state index < -0.39 is 0 Å². The van der Waals surface area contributed by atoms with Crippen LogP contribution in [-0.4, -0.2) is 61.1 Å². The smallest absolute Gasteiger partial charge is 0.317 e. The van der Waals surface area contributed by atoms with Crippen molar-refractivity contribution in [3.63, 3.8) is 0 Å². The maximum Gasteiger partial charge on any atom is 0.317 e. The zero-order chi connectivity index (χ0) is 17.6. The van der Waals surface area contributed by atoms with Crippen LogP contribution in [0.15, 0.2) is 35.8 Å². The molecule has 3 rings (SSSR count). The lowest BCUT2D eigenvalue weighted by Crippen LogP contribution is -2.51. The number of amides is 2. The second-order valence-corrected chi connectivity index (χ2v) is 7.45. The Morgan fingerprint density at radius 2 is 2.04 bits per heavy atom. The normalized spacial score (nSPS) is 15.2. The summed E-state index contributed by atoms with van der Waals surface area (Å²) in [5, 5.41) is 5.10. The van der Waals surface area contributed by atoms with E-state index in [1.165, 1.54) is 4.88 Å². The summed E-state index contributed by atoms with van der Waals surface area (Å²) in [6.07, 6.45) is 1.81. The molecule has 0 aromatic carbocycles. The van der Waals surface area contributed by atoms with Crippen LogP contribution < -0.4 is 10.2 Å². The van der Waals surface area contributed by atoms with E-state index in [4.69, 9.17) is 0 Å². The largest absolute Gasteiger partial charge is 0.363 e. The fourth-order valence-corrected chi connectivity index (χ4v) is 3.55. The fourth-order valence-electron chi connectivity index (χ4n) is 2.81. The minimum atomic E-state index is 0.00691. The number of thiophene rings is 1. The number of piperazine rings is 1. The standard InChI is InChI=1S/C18H25N5OS/c1-21(2)17-6-5-15(12-19-17)13-20-18(24)23-9-7-22(8-10-23)14-16-4-3-11-25-16/h3-6,11-12H,7-10,13-14H2,1-2H3,(H,20,24). The number of hydrogen-bond donors (Lipinski definition) is 1. The van der Waals surface area contributed by atoms with Crippen LogP contribution in [-0.2, 0) is 13.1 Å². The van der Waals surface area contributed by atoms with Gasteiger partial charge in [-0.3, -0.25) is 4.90 Å². The van der Waals surface area contributed by atoms with Crippen LogP contribution in [0.4, 0.5) is 10.6 Å². The summed E-state index contributed by atoms with van der Waals surface area (Å²) in [5.74, 6) is 0.914. The molecule has 1 aliphatic rings. The maximum absolute atomic E-state index is 12.3. The average Bonchev–Trinajstić information content (AvgIpc) is 3.13. The zero-order valence-corrected chi connectivity index (χ0v) is 15.6. The van der Waals surface area contributed by atoms with Gasteiger partial charge in [0.1, 0.15) is 5.82 Å². The summed E-state index contributed by atoms with van der Waals surface area (Å²) in [4.78, 5) is 24.3. The van der Waals surface area contributed by atoms with E-state index in [9.17, 15) is 4.79 Å². The number of nitrogens with zero attached hydrogens (tertiary/aromatic N) is 4. The second-order valence-electron chi connectivity index (χ2n) is 6.42. The summed E-state index contributed by atoms with van der Waals surface area (Å²) in [5.41, 5.74) is 1.01. The Hall–Kier alpha value is -2.12. The Labute approximate surface area is 153 Å². The van der Waals surface area contributed by atoms with E-state index in [-0.39, 0.29) is 6.03 Å². The van der Waals surface area contributed by atoms with Crippen molar-refractivity contribution in [2.75, 3.05) is 45.2 Å². The summed E-state index contributed by atoms with van der Waals surface area (Å²) < 4.78 is 0. The monoisotopic (exact) mass is 359 g/mol. The van der Waals surface area contributed by atoms with Crippen LogP contribution in [0, 0.1) is 0 Å². The Bertz CT molecular complexity index is 663. The minimum Gasteiger partial charge on any atom is -0.363 e. The highest BCUT2D eigenvalue weighted by atomic mass is 32.1. The molecular weight excluding hydrogens is 334 g/mol. The number of carbonyl (C=O) groups is 1. The van der Waals surface area contributed by atoms with Gasteiger partial charge in [-0.1, -0.05) is 12.1 Å². The van der Waals surface area contributed by atoms with Gasteiger partial charge >= 0.3 is 6.03 Å². The molecule has 25 heavy (non-hydrogen) atoms. The number of aromatic nitrogens is 1. The van der Waals surface area contributed by atoms with Gasteiger partial charge in [-0.25, -0.2) is 9.78 Å². The summed E-state index contributed by atoms with van der Waals surface area (Å²) in [7, 11) is 3.92. The molecule has 2 aromatic heterocycles. The van der Waals surface area contributed by atoms with Gasteiger partial charge < -0.3 is 15.1 Å². The predicted molar refractivity (Wildman–Crippen MR) is 102 cm³/mol. The Balaban J connectivity index is 1.41. The van der Waals surface area contributed by atoms with Gasteiger partial charge in [0.05, 0.1) is 0 Å². The first-order chi connectivity index (χ1) is 12.1. The van der Waals surface area contributed by atoms with Crippen molar-refractivity contribution in [1.29, 1.82) is 0 Å². The van der Waals surface area contributed by atoms with Crippen molar-refractivity contribution in [2.45, 2.75) is 13.1 Å². The van der Waals surface area contributed by atoms with Crippen LogP contribution >= 0.6 is 11.3 Å². The molecule has 1 N–H and O–H groups in total. The van der Waals surface area contributed by atoms with Crippen molar-refractivity contribution in [3.05, 3.63) is 46.3 Å². The molecule has 134 valence electrons. The SMILES string of the molecule is CN(C)c1ccc(CNC(=O)N2CCN(Cc3cccs3)CC2)cn1. The van der Waals surface area contributed by atoms with E-state index in [1.54, 1.807) is 11.3 Å². The molecule has 0 bridgehead atoms. The summed E-state index contributed by atoms with van der Waals surface area (Å²) in [6.45, 7) is 4.88. The Morgan fingerprint density at radius 1 is 1.24 bits per heavy atom. The Kier molecular flexibility index (Phi) is 5.88. The third-order valence-corrected chi connectivity index (χ3v) is 5.19. The molecule has 0 saturated carbocycles. The predicted octanol–water partition coefficient (Wildman–Crippen LogP) is 2.24. The number of pyridine rings is 1. The number of anilines is 1. The van der Waals surface area contributed by atoms with Crippen molar-refractivity contribution < 1.29 is 4.79 Å².